The van der Waals surface area contributed by atoms with Crippen LogP contribution < -0.4 is 10.1 Å². The Morgan fingerprint density at radius 3 is 2.65 bits per heavy atom. The number of hydrogen-bond acceptors (Lipinski definition) is 3. The van der Waals surface area contributed by atoms with Crippen LogP contribution in [0.2, 0.25) is 0 Å². The summed E-state index contributed by atoms with van der Waals surface area (Å²) in [7, 11) is 0. The van der Waals surface area contributed by atoms with Gasteiger partial charge in [-0.2, -0.15) is 0 Å². The first-order valence-corrected chi connectivity index (χ1v) is 8.22. The number of carbonyl (C=O) groups excluding carboxylic acids is 1. The monoisotopic (exact) mass is 345 g/mol. The lowest BCUT2D eigenvalue weighted by Crippen LogP contribution is -2.13. The molecule has 3 rings (SSSR count). The van der Waals surface area contributed by atoms with Crippen molar-refractivity contribution in [2.45, 2.75) is 0 Å². The summed E-state index contributed by atoms with van der Waals surface area (Å²) >= 11 is 0. The van der Waals surface area contributed by atoms with Crippen LogP contribution >= 0.6 is 0 Å². The lowest BCUT2D eigenvalue weighted by Gasteiger charge is -2.11. The van der Waals surface area contributed by atoms with Crippen molar-refractivity contribution in [1.82, 2.24) is 0 Å². The Bertz CT molecular complexity index is 896. The average molecular weight is 345 g/mol. The van der Waals surface area contributed by atoms with Gasteiger partial charge in [0.15, 0.2) is 0 Å². The Morgan fingerprint density at radius 1 is 1.08 bits per heavy atom. The van der Waals surface area contributed by atoms with Gasteiger partial charge >= 0.3 is 0 Å². The summed E-state index contributed by atoms with van der Waals surface area (Å²) in [5, 5.41) is 2.92. The predicted molar refractivity (Wildman–Crippen MR) is 104 cm³/mol. The molecule has 0 aliphatic rings. The molecular formula is C22H19NO3. The first-order chi connectivity index (χ1) is 12.8. The van der Waals surface area contributed by atoms with Crippen molar-refractivity contribution in [3.05, 3.63) is 97.0 Å². The molecule has 0 aliphatic heterocycles. The van der Waals surface area contributed by atoms with Gasteiger partial charge in [-0.1, -0.05) is 49.1 Å². The number of furan rings is 1. The minimum absolute atomic E-state index is 0.228. The molecule has 1 heterocycles. The Labute approximate surface area is 152 Å². The molecule has 0 unspecified atom stereocenters. The van der Waals surface area contributed by atoms with E-state index in [0.29, 0.717) is 29.4 Å². The maximum atomic E-state index is 12.9. The van der Waals surface area contributed by atoms with Crippen LogP contribution in [0.3, 0.4) is 0 Å². The van der Waals surface area contributed by atoms with Gasteiger partial charge in [-0.05, 0) is 35.9 Å². The molecule has 1 aromatic heterocycles. The van der Waals surface area contributed by atoms with Crippen LogP contribution in [0.1, 0.15) is 11.3 Å². The molecule has 26 heavy (non-hydrogen) atoms. The molecule has 0 atom stereocenters. The molecule has 1 amide bonds. The summed E-state index contributed by atoms with van der Waals surface area (Å²) in [4.78, 5) is 12.9. The second kappa shape index (κ2) is 8.53. The van der Waals surface area contributed by atoms with Gasteiger partial charge in [-0.25, -0.2) is 0 Å². The number of hydrogen-bond donors (Lipinski definition) is 1. The molecule has 0 fully saturated rings. The van der Waals surface area contributed by atoms with Crippen molar-refractivity contribution in [3.63, 3.8) is 0 Å². The van der Waals surface area contributed by atoms with Crippen molar-refractivity contribution in [3.8, 4) is 5.75 Å². The molecule has 130 valence electrons. The standard InChI is InChI=1S/C22H19NO3/c1-2-13-25-19-11-6-10-18(15-19)23-22(24)21(16-20-12-7-14-26-20)17-8-4-3-5-9-17/h2-12,14-16H,1,13H2,(H,23,24)/b21-16+. The number of nitrogens with one attached hydrogen (secondary N) is 1. The minimum atomic E-state index is -0.228. The zero-order chi connectivity index (χ0) is 18.2. The molecule has 3 aromatic rings. The van der Waals surface area contributed by atoms with E-state index in [9.17, 15) is 4.79 Å². The van der Waals surface area contributed by atoms with Gasteiger partial charge in [0.1, 0.15) is 18.1 Å². The van der Waals surface area contributed by atoms with E-state index in [4.69, 9.17) is 9.15 Å². The molecule has 0 saturated carbocycles. The van der Waals surface area contributed by atoms with E-state index in [2.05, 4.69) is 11.9 Å². The van der Waals surface area contributed by atoms with Gasteiger partial charge in [-0.3, -0.25) is 4.79 Å². The van der Waals surface area contributed by atoms with Crippen LogP contribution in [0, 0.1) is 0 Å². The van der Waals surface area contributed by atoms with E-state index in [1.165, 1.54) is 0 Å². The highest BCUT2D eigenvalue weighted by Crippen LogP contribution is 2.23. The van der Waals surface area contributed by atoms with Gasteiger partial charge in [0.2, 0.25) is 0 Å². The Morgan fingerprint density at radius 2 is 1.92 bits per heavy atom. The summed E-state index contributed by atoms with van der Waals surface area (Å²) < 4.78 is 10.9. The zero-order valence-corrected chi connectivity index (χ0v) is 14.2. The van der Waals surface area contributed by atoms with Gasteiger partial charge in [-0.15, -0.1) is 0 Å². The SMILES string of the molecule is C=CCOc1cccc(NC(=O)/C(=C/c2ccco2)c2ccccc2)c1. The van der Waals surface area contributed by atoms with E-state index < -0.39 is 0 Å². The fourth-order valence-electron chi connectivity index (χ4n) is 2.43. The van der Waals surface area contributed by atoms with Crippen LogP contribution in [-0.2, 0) is 4.79 Å². The quantitative estimate of drug-likeness (QED) is 0.483. The Hall–Kier alpha value is -3.53. The zero-order valence-electron chi connectivity index (χ0n) is 14.2. The first kappa shape index (κ1) is 17.3. The number of amides is 1. The normalized spacial score (nSPS) is 11.0. The fraction of sp³-hybridized carbons (Fsp3) is 0.0455. The molecule has 0 radical (unpaired) electrons. The number of benzene rings is 2. The summed E-state index contributed by atoms with van der Waals surface area (Å²) in [6.45, 7) is 4.04. The number of rotatable bonds is 7. The third-order valence-electron chi connectivity index (χ3n) is 3.62. The topological polar surface area (TPSA) is 51.5 Å². The third kappa shape index (κ3) is 4.51. The van der Waals surface area contributed by atoms with Crippen molar-refractivity contribution in [1.29, 1.82) is 0 Å². The van der Waals surface area contributed by atoms with E-state index in [1.807, 2.05) is 48.5 Å². The number of ether oxygens (including phenoxy) is 1. The van der Waals surface area contributed by atoms with E-state index in [-0.39, 0.29) is 5.91 Å². The molecule has 1 N–H and O–H groups in total. The van der Waals surface area contributed by atoms with E-state index in [0.717, 1.165) is 5.56 Å². The second-order valence-corrected chi connectivity index (χ2v) is 5.52. The summed E-state index contributed by atoms with van der Waals surface area (Å²) in [5.74, 6) is 1.05. The molecule has 4 nitrogen and oxygen atoms in total. The van der Waals surface area contributed by atoms with Crippen LogP contribution in [0.15, 0.2) is 90.1 Å². The van der Waals surface area contributed by atoms with Gasteiger partial charge in [0.05, 0.1) is 11.8 Å². The molecule has 0 spiro atoms. The summed E-state index contributed by atoms with van der Waals surface area (Å²) in [6, 6.07) is 20.3. The predicted octanol–water partition coefficient (Wildman–Crippen LogP) is 5.02. The molecule has 2 aromatic carbocycles. The smallest absolute Gasteiger partial charge is 0.256 e. The molecule has 0 bridgehead atoms. The van der Waals surface area contributed by atoms with Gasteiger partial charge in [0.25, 0.3) is 5.91 Å². The Kier molecular flexibility index (Phi) is 5.68. The van der Waals surface area contributed by atoms with Crippen LogP contribution in [0.4, 0.5) is 5.69 Å². The number of anilines is 1. The molecule has 0 saturated heterocycles. The van der Waals surface area contributed by atoms with Crippen molar-refractivity contribution in [2.75, 3.05) is 11.9 Å². The fourth-order valence-corrected chi connectivity index (χ4v) is 2.43. The number of carbonyl (C=O) groups is 1. The van der Waals surface area contributed by atoms with Gasteiger partial charge in [0, 0.05) is 11.8 Å². The van der Waals surface area contributed by atoms with Crippen LogP contribution in [-0.4, -0.2) is 12.5 Å². The minimum Gasteiger partial charge on any atom is -0.489 e. The highest BCUT2D eigenvalue weighted by atomic mass is 16.5. The second-order valence-electron chi connectivity index (χ2n) is 5.52. The van der Waals surface area contributed by atoms with E-state index in [1.54, 1.807) is 36.6 Å². The lowest BCUT2D eigenvalue weighted by molar-refractivity contribution is -0.111. The van der Waals surface area contributed by atoms with Crippen molar-refractivity contribution in [2.24, 2.45) is 0 Å². The third-order valence-corrected chi connectivity index (χ3v) is 3.62. The summed E-state index contributed by atoms with van der Waals surface area (Å²) in [5.41, 5.74) is 1.97. The largest absolute Gasteiger partial charge is 0.489 e. The maximum Gasteiger partial charge on any atom is 0.256 e. The maximum absolute atomic E-state index is 12.9. The highest BCUT2D eigenvalue weighted by Gasteiger charge is 2.13. The molecule has 4 heteroatoms. The van der Waals surface area contributed by atoms with Crippen LogP contribution in [0.5, 0.6) is 5.75 Å². The molecular weight excluding hydrogens is 326 g/mol. The van der Waals surface area contributed by atoms with Gasteiger partial charge < -0.3 is 14.5 Å². The first-order valence-electron chi connectivity index (χ1n) is 8.22. The lowest BCUT2D eigenvalue weighted by atomic mass is 10.0. The molecule has 0 aliphatic carbocycles. The summed E-state index contributed by atoms with van der Waals surface area (Å²) in [6.07, 6.45) is 4.97. The van der Waals surface area contributed by atoms with Crippen LogP contribution in [0.25, 0.3) is 11.6 Å². The average Bonchev–Trinajstić information content (AvgIpc) is 3.18. The van der Waals surface area contributed by atoms with E-state index >= 15 is 0 Å². The van der Waals surface area contributed by atoms with Crippen molar-refractivity contribution < 1.29 is 13.9 Å². The van der Waals surface area contributed by atoms with Crippen molar-refractivity contribution >= 4 is 23.2 Å². The highest BCUT2D eigenvalue weighted by molar-refractivity contribution is 6.29. The Balaban J connectivity index is 1.86.